The summed E-state index contributed by atoms with van der Waals surface area (Å²) in [4.78, 5) is 8.87. The van der Waals surface area contributed by atoms with Gasteiger partial charge >= 0.3 is 0 Å². The van der Waals surface area contributed by atoms with Gasteiger partial charge in [0.2, 0.25) is 0 Å². The lowest BCUT2D eigenvalue weighted by molar-refractivity contribution is 0.413. The van der Waals surface area contributed by atoms with E-state index in [1.54, 1.807) is 24.6 Å². The van der Waals surface area contributed by atoms with Crippen LogP contribution in [0.4, 0.5) is 10.8 Å². The number of nitriles is 1. The van der Waals surface area contributed by atoms with Crippen molar-refractivity contribution in [1.82, 2.24) is 9.97 Å². The molecule has 0 fully saturated rings. The quantitative estimate of drug-likeness (QED) is 0.523. The molecule has 4 rings (SSSR count). The van der Waals surface area contributed by atoms with Crippen LogP contribution in [0.2, 0.25) is 0 Å². The van der Waals surface area contributed by atoms with Crippen LogP contribution in [0.25, 0.3) is 21.3 Å². The second kappa shape index (κ2) is 7.44. The Kier molecular flexibility index (Phi) is 4.69. The Morgan fingerprint density at radius 3 is 2.70 bits per heavy atom. The van der Waals surface area contributed by atoms with Crippen LogP contribution in [0.5, 0.6) is 5.75 Å². The number of hydrogen-bond donors (Lipinski definition) is 1. The summed E-state index contributed by atoms with van der Waals surface area (Å²) >= 11 is 1.60. The number of rotatable bonds is 5. The van der Waals surface area contributed by atoms with E-state index >= 15 is 0 Å². The van der Waals surface area contributed by atoms with Gasteiger partial charge in [-0.2, -0.15) is 5.26 Å². The minimum Gasteiger partial charge on any atom is -0.495 e. The fourth-order valence-corrected chi connectivity index (χ4v) is 3.69. The van der Waals surface area contributed by atoms with Crippen molar-refractivity contribution in [3.8, 4) is 22.9 Å². The van der Waals surface area contributed by atoms with Crippen LogP contribution in [0.3, 0.4) is 0 Å². The van der Waals surface area contributed by atoms with Crippen LogP contribution in [0.15, 0.2) is 60.9 Å². The smallest absolute Gasteiger partial charge is 0.188 e. The number of aromatic nitrogens is 2. The minimum absolute atomic E-state index is 0.420. The first-order valence-corrected chi connectivity index (χ1v) is 9.20. The molecule has 0 bridgehead atoms. The normalized spacial score (nSPS) is 10.5. The van der Waals surface area contributed by atoms with E-state index in [9.17, 15) is 0 Å². The van der Waals surface area contributed by atoms with Crippen LogP contribution < -0.4 is 10.1 Å². The minimum atomic E-state index is 0.420. The van der Waals surface area contributed by atoms with Gasteiger partial charge in [0.15, 0.2) is 5.13 Å². The number of anilines is 2. The maximum atomic E-state index is 8.75. The van der Waals surface area contributed by atoms with Crippen molar-refractivity contribution >= 4 is 32.4 Å². The maximum absolute atomic E-state index is 8.75. The van der Waals surface area contributed by atoms with Crippen molar-refractivity contribution in [1.29, 1.82) is 5.26 Å². The van der Waals surface area contributed by atoms with Crippen molar-refractivity contribution in [3.63, 3.8) is 0 Å². The van der Waals surface area contributed by atoms with E-state index in [-0.39, 0.29) is 0 Å². The number of hydrogen-bond acceptors (Lipinski definition) is 6. The number of fused-ring (bicyclic) bond motifs is 1. The van der Waals surface area contributed by atoms with Crippen LogP contribution in [0, 0.1) is 11.3 Å². The fraction of sp³-hybridized carbons (Fsp3) is 0.0952. The molecule has 0 aliphatic heterocycles. The molecule has 27 heavy (non-hydrogen) atoms. The van der Waals surface area contributed by atoms with E-state index in [0.29, 0.717) is 6.42 Å². The lowest BCUT2D eigenvalue weighted by Gasteiger charge is -2.03. The topological polar surface area (TPSA) is 70.8 Å². The molecule has 6 heteroatoms. The molecule has 0 aliphatic carbocycles. The van der Waals surface area contributed by atoms with Gasteiger partial charge in [0, 0.05) is 17.4 Å². The van der Waals surface area contributed by atoms with Crippen molar-refractivity contribution in [2.24, 2.45) is 0 Å². The number of benzene rings is 2. The van der Waals surface area contributed by atoms with Crippen molar-refractivity contribution in [3.05, 3.63) is 66.5 Å². The first-order valence-electron chi connectivity index (χ1n) is 8.38. The second-order valence-electron chi connectivity index (χ2n) is 5.97. The van der Waals surface area contributed by atoms with E-state index < -0.39 is 0 Å². The first-order chi connectivity index (χ1) is 13.2. The van der Waals surface area contributed by atoms with Gasteiger partial charge < -0.3 is 10.1 Å². The standard InChI is InChI=1S/C21H16N4OS/c1-26-18-10-16(12-23-13-18)15-4-7-19-20(11-15)27-21(25-19)24-17-5-2-14(3-6-17)8-9-22/h2-7,10-13H,8H2,1H3,(H,24,25). The van der Waals surface area contributed by atoms with Crippen LogP contribution in [-0.4, -0.2) is 17.1 Å². The van der Waals surface area contributed by atoms with Crippen LogP contribution in [-0.2, 0) is 6.42 Å². The highest BCUT2D eigenvalue weighted by atomic mass is 32.1. The Hall–Kier alpha value is -3.43. The average Bonchev–Trinajstić information content (AvgIpc) is 3.11. The Labute approximate surface area is 160 Å². The SMILES string of the molecule is COc1cncc(-c2ccc3nc(Nc4ccc(CC#N)cc4)sc3c2)c1. The molecule has 4 aromatic rings. The lowest BCUT2D eigenvalue weighted by Crippen LogP contribution is -1.89. The molecule has 0 amide bonds. The summed E-state index contributed by atoms with van der Waals surface area (Å²) in [6, 6.07) is 18.1. The number of pyridine rings is 1. The summed E-state index contributed by atoms with van der Waals surface area (Å²) in [6.07, 6.45) is 3.94. The van der Waals surface area contributed by atoms with E-state index in [1.165, 1.54) is 0 Å². The van der Waals surface area contributed by atoms with E-state index in [0.717, 1.165) is 43.5 Å². The van der Waals surface area contributed by atoms with E-state index in [2.05, 4.69) is 27.4 Å². The molecule has 2 aromatic heterocycles. The van der Waals surface area contributed by atoms with Gasteiger partial charge in [-0.1, -0.05) is 29.5 Å². The zero-order valence-electron chi connectivity index (χ0n) is 14.6. The predicted molar refractivity (Wildman–Crippen MR) is 108 cm³/mol. The lowest BCUT2D eigenvalue weighted by atomic mass is 10.1. The molecule has 0 atom stereocenters. The van der Waals surface area contributed by atoms with Gasteiger partial charge in [0.1, 0.15) is 5.75 Å². The Morgan fingerprint density at radius 1 is 1.07 bits per heavy atom. The molecule has 1 N–H and O–H groups in total. The molecule has 0 unspecified atom stereocenters. The molecule has 0 spiro atoms. The van der Waals surface area contributed by atoms with Gasteiger partial charge in [-0.05, 0) is 41.5 Å². The first kappa shape index (κ1) is 17.0. The van der Waals surface area contributed by atoms with E-state index in [4.69, 9.17) is 10.00 Å². The molecule has 0 aliphatic rings. The highest BCUT2D eigenvalue weighted by Gasteiger charge is 2.07. The predicted octanol–water partition coefficient (Wildman–Crippen LogP) is 5.18. The van der Waals surface area contributed by atoms with Crippen LogP contribution >= 0.6 is 11.3 Å². The molecule has 0 saturated carbocycles. The van der Waals surface area contributed by atoms with Gasteiger partial charge in [0.25, 0.3) is 0 Å². The third-order valence-electron chi connectivity index (χ3n) is 4.16. The summed E-state index contributed by atoms with van der Waals surface area (Å²) in [5.74, 6) is 0.735. The van der Waals surface area contributed by atoms with Crippen LogP contribution in [0.1, 0.15) is 5.56 Å². The number of nitrogens with zero attached hydrogens (tertiary/aromatic N) is 3. The van der Waals surface area contributed by atoms with Crippen molar-refractivity contribution in [2.75, 3.05) is 12.4 Å². The number of methoxy groups -OCH3 is 1. The number of nitrogens with one attached hydrogen (secondary N) is 1. The Balaban J connectivity index is 1.59. The average molecular weight is 372 g/mol. The summed E-state index contributed by atoms with van der Waals surface area (Å²) < 4.78 is 6.35. The Morgan fingerprint density at radius 2 is 1.93 bits per heavy atom. The Bertz CT molecular complexity index is 1130. The maximum Gasteiger partial charge on any atom is 0.188 e. The molecule has 2 aromatic carbocycles. The highest BCUT2D eigenvalue weighted by molar-refractivity contribution is 7.22. The molecular weight excluding hydrogens is 356 g/mol. The fourth-order valence-electron chi connectivity index (χ4n) is 2.77. The molecule has 0 radical (unpaired) electrons. The molecular formula is C21H16N4OS. The molecule has 0 saturated heterocycles. The summed E-state index contributed by atoms with van der Waals surface area (Å²) in [7, 11) is 1.64. The monoisotopic (exact) mass is 372 g/mol. The highest BCUT2D eigenvalue weighted by Crippen LogP contribution is 2.32. The molecule has 132 valence electrons. The largest absolute Gasteiger partial charge is 0.495 e. The molecule has 2 heterocycles. The summed E-state index contributed by atoms with van der Waals surface area (Å²) in [6.45, 7) is 0. The van der Waals surface area contributed by atoms with Gasteiger partial charge in [0.05, 0.1) is 36.0 Å². The summed E-state index contributed by atoms with van der Waals surface area (Å²) in [5, 5.41) is 12.9. The van der Waals surface area contributed by atoms with Gasteiger partial charge in [-0.15, -0.1) is 0 Å². The zero-order chi connectivity index (χ0) is 18.6. The van der Waals surface area contributed by atoms with Crippen molar-refractivity contribution < 1.29 is 4.74 Å². The number of thiazole rings is 1. The number of ether oxygens (including phenoxy) is 1. The van der Waals surface area contributed by atoms with E-state index in [1.807, 2.05) is 48.7 Å². The molecule has 5 nitrogen and oxygen atoms in total. The second-order valence-corrected chi connectivity index (χ2v) is 7.00. The zero-order valence-corrected chi connectivity index (χ0v) is 15.5. The van der Waals surface area contributed by atoms with Gasteiger partial charge in [-0.3, -0.25) is 4.98 Å². The van der Waals surface area contributed by atoms with Crippen molar-refractivity contribution in [2.45, 2.75) is 6.42 Å². The summed E-state index contributed by atoms with van der Waals surface area (Å²) in [5.41, 5.74) is 4.98. The third kappa shape index (κ3) is 3.73. The van der Waals surface area contributed by atoms with Gasteiger partial charge in [-0.25, -0.2) is 4.98 Å². The third-order valence-corrected chi connectivity index (χ3v) is 5.09.